The maximum atomic E-state index is 4.98. The Labute approximate surface area is 87.9 Å². The number of aromatic amines is 1. The van der Waals surface area contributed by atoms with Crippen LogP contribution in [0, 0.1) is 6.92 Å². The van der Waals surface area contributed by atoms with Crippen LogP contribution in [-0.4, -0.2) is 15.4 Å². The van der Waals surface area contributed by atoms with Crippen LogP contribution in [0.4, 0.5) is 0 Å². The smallest absolute Gasteiger partial charge is 0.133 e. The van der Waals surface area contributed by atoms with E-state index in [4.69, 9.17) is 4.52 Å². The van der Waals surface area contributed by atoms with Crippen LogP contribution in [0.1, 0.15) is 30.1 Å². The maximum Gasteiger partial charge on any atom is 0.133 e. The number of aryl methyl sites for hydroxylation is 1. The zero-order valence-corrected chi connectivity index (χ0v) is 8.82. The largest absolute Gasteiger partial charge is 0.361 e. The second-order valence-electron chi connectivity index (χ2n) is 3.54. The second-order valence-corrected chi connectivity index (χ2v) is 3.54. The van der Waals surface area contributed by atoms with Crippen molar-refractivity contribution in [3.8, 4) is 0 Å². The molecule has 1 unspecified atom stereocenters. The quantitative estimate of drug-likeness (QED) is 0.796. The topological polar surface area (TPSA) is 66.7 Å². The Bertz CT molecular complexity index is 407. The first-order valence-corrected chi connectivity index (χ1v) is 4.90. The number of hydrogen-bond acceptors (Lipinski definition) is 4. The van der Waals surface area contributed by atoms with E-state index >= 15 is 0 Å². The summed E-state index contributed by atoms with van der Waals surface area (Å²) in [6.45, 7) is 4.65. The first-order chi connectivity index (χ1) is 7.25. The summed E-state index contributed by atoms with van der Waals surface area (Å²) in [6.07, 6.45) is 1.74. The molecule has 2 aromatic heterocycles. The average molecular weight is 206 g/mol. The van der Waals surface area contributed by atoms with Crippen LogP contribution in [0.15, 0.2) is 22.9 Å². The molecule has 0 aliphatic rings. The summed E-state index contributed by atoms with van der Waals surface area (Å²) in [5.41, 5.74) is 1.98. The number of hydrogen-bond donors (Lipinski definition) is 2. The number of H-pyrrole nitrogens is 1. The summed E-state index contributed by atoms with van der Waals surface area (Å²) in [4.78, 5) is 0. The summed E-state index contributed by atoms with van der Waals surface area (Å²) < 4.78 is 4.98. The van der Waals surface area contributed by atoms with E-state index in [-0.39, 0.29) is 6.04 Å². The third-order valence-corrected chi connectivity index (χ3v) is 2.25. The molecule has 1 atom stereocenters. The Kier molecular flexibility index (Phi) is 2.82. The van der Waals surface area contributed by atoms with Crippen LogP contribution in [0.5, 0.6) is 0 Å². The van der Waals surface area contributed by atoms with Gasteiger partial charge in [-0.2, -0.15) is 5.10 Å². The van der Waals surface area contributed by atoms with E-state index in [9.17, 15) is 0 Å². The van der Waals surface area contributed by atoms with Crippen molar-refractivity contribution in [3.05, 3.63) is 35.5 Å². The highest BCUT2D eigenvalue weighted by Crippen LogP contribution is 2.09. The number of nitrogens with one attached hydrogen (secondary N) is 2. The molecule has 5 heteroatoms. The van der Waals surface area contributed by atoms with Gasteiger partial charge in [-0.3, -0.25) is 5.10 Å². The summed E-state index contributed by atoms with van der Waals surface area (Å²) in [6, 6.07) is 4.10. The van der Waals surface area contributed by atoms with Crippen molar-refractivity contribution in [3.63, 3.8) is 0 Å². The predicted molar refractivity (Wildman–Crippen MR) is 55.1 cm³/mol. The fourth-order valence-electron chi connectivity index (χ4n) is 1.38. The molecule has 2 N–H and O–H groups in total. The summed E-state index contributed by atoms with van der Waals surface area (Å²) in [7, 11) is 0. The predicted octanol–water partition coefficient (Wildman–Crippen LogP) is 1.56. The third kappa shape index (κ3) is 2.44. The molecule has 0 saturated heterocycles. The van der Waals surface area contributed by atoms with Crippen LogP contribution in [0.2, 0.25) is 0 Å². The average Bonchev–Trinajstić information content (AvgIpc) is 2.84. The lowest BCUT2D eigenvalue weighted by Gasteiger charge is -2.09. The molecule has 0 fully saturated rings. The molecule has 0 aromatic carbocycles. The lowest BCUT2D eigenvalue weighted by atomic mass is 10.2. The third-order valence-electron chi connectivity index (χ3n) is 2.25. The molecule has 0 amide bonds. The lowest BCUT2D eigenvalue weighted by Crippen LogP contribution is -2.18. The van der Waals surface area contributed by atoms with E-state index < -0.39 is 0 Å². The first kappa shape index (κ1) is 9.92. The van der Waals surface area contributed by atoms with Crippen molar-refractivity contribution in [1.29, 1.82) is 0 Å². The van der Waals surface area contributed by atoms with E-state index in [1.54, 1.807) is 6.20 Å². The van der Waals surface area contributed by atoms with Crippen LogP contribution >= 0.6 is 0 Å². The number of rotatable bonds is 4. The van der Waals surface area contributed by atoms with Gasteiger partial charge in [0.05, 0.1) is 11.4 Å². The van der Waals surface area contributed by atoms with Crippen molar-refractivity contribution in [1.82, 2.24) is 20.7 Å². The molecule has 0 aliphatic carbocycles. The minimum absolute atomic E-state index is 0.226. The zero-order valence-electron chi connectivity index (χ0n) is 8.82. The standard InChI is InChI=1S/C10H14N4O/c1-7-5-9(14-15-7)6-11-8(2)10-3-4-12-13-10/h3-5,8,11H,6H2,1-2H3,(H,12,13). The molecule has 2 heterocycles. The van der Waals surface area contributed by atoms with Gasteiger partial charge in [-0.25, -0.2) is 0 Å². The van der Waals surface area contributed by atoms with E-state index in [0.717, 1.165) is 17.1 Å². The van der Waals surface area contributed by atoms with Gasteiger partial charge in [-0.15, -0.1) is 0 Å². The van der Waals surface area contributed by atoms with Gasteiger partial charge in [-0.1, -0.05) is 5.16 Å². The van der Waals surface area contributed by atoms with Crippen LogP contribution in [0.25, 0.3) is 0 Å². The molecular weight excluding hydrogens is 192 g/mol. The maximum absolute atomic E-state index is 4.98. The molecule has 0 bridgehead atoms. The first-order valence-electron chi connectivity index (χ1n) is 4.90. The summed E-state index contributed by atoms with van der Waals surface area (Å²) in [5, 5.41) is 14.1. The summed E-state index contributed by atoms with van der Waals surface area (Å²) >= 11 is 0. The van der Waals surface area contributed by atoms with Gasteiger partial charge in [0.1, 0.15) is 5.76 Å². The Hall–Kier alpha value is -1.62. The van der Waals surface area contributed by atoms with Crippen molar-refractivity contribution in [2.75, 3.05) is 0 Å². The van der Waals surface area contributed by atoms with Crippen molar-refractivity contribution >= 4 is 0 Å². The van der Waals surface area contributed by atoms with Crippen LogP contribution in [0.3, 0.4) is 0 Å². The minimum Gasteiger partial charge on any atom is -0.361 e. The Morgan fingerprint density at radius 3 is 3.07 bits per heavy atom. The number of nitrogens with zero attached hydrogens (tertiary/aromatic N) is 2. The fourth-order valence-corrected chi connectivity index (χ4v) is 1.38. The van der Waals surface area contributed by atoms with Crippen molar-refractivity contribution < 1.29 is 4.52 Å². The molecule has 0 aliphatic heterocycles. The van der Waals surface area contributed by atoms with E-state index in [0.29, 0.717) is 6.54 Å². The molecule has 2 aromatic rings. The summed E-state index contributed by atoms with van der Waals surface area (Å²) in [5.74, 6) is 0.834. The van der Waals surface area contributed by atoms with Gasteiger partial charge in [-0.05, 0) is 19.9 Å². The van der Waals surface area contributed by atoms with Gasteiger partial charge in [0.25, 0.3) is 0 Å². The minimum atomic E-state index is 0.226. The van der Waals surface area contributed by atoms with Crippen molar-refractivity contribution in [2.45, 2.75) is 26.4 Å². The molecule has 80 valence electrons. The molecule has 0 spiro atoms. The Morgan fingerprint density at radius 1 is 1.60 bits per heavy atom. The van der Waals surface area contributed by atoms with E-state index in [2.05, 4.69) is 27.6 Å². The fraction of sp³-hybridized carbons (Fsp3) is 0.400. The van der Waals surface area contributed by atoms with E-state index in [1.165, 1.54) is 0 Å². The highest BCUT2D eigenvalue weighted by Gasteiger charge is 2.07. The van der Waals surface area contributed by atoms with Gasteiger partial charge in [0.2, 0.25) is 0 Å². The molecule has 2 rings (SSSR count). The van der Waals surface area contributed by atoms with Gasteiger partial charge >= 0.3 is 0 Å². The molecule has 0 radical (unpaired) electrons. The Balaban J connectivity index is 1.88. The second kappa shape index (κ2) is 4.27. The van der Waals surface area contributed by atoms with Gasteiger partial charge in [0.15, 0.2) is 0 Å². The SMILES string of the molecule is Cc1cc(CNC(C)c2ccn[nH]2)no1. The molecule has 5 nitrogen and oxygen atoms in total. The van der Waals surface area contributed by atoms with Crippen LogP contribution < -0.4 is 5.32 Å². The van der Waals surface area contributed by atoms with Crippen molar-refractivity contribution in [2.24, 2.45) is 0 Å². The number of aromatic nitrogens is 3. The Morgan fingerprint density at radius 2 is 2.47 bits per heavy atom. The monoisotopic (exact) mass is 206 g/mol. The zero-order chi connectivity index (χ0) is 10.7. The normalized spacial score (nSPS) is 12.9. The van der Waals surface area contributed by atoms with E-state index in [1.807, 2.05) is 19.1 Å². The highest BCUT2D eigenvalue weighted by atomic mass is 16.5. The molecule has 0 saturated carbocycles. The lowest BCUT2D eigenvalue weighted by molar-refractivity contribution is 0.386. The van der Waals surface area contributed by atoms with Crippen LogP contribution in [-0.2, 0) is 6.54 Å². The van der Waals surface area contributed by atoms with Gasteiger partial charge < -0.3 is 9.84 Å². The molecule has 15 heavy (non-hydrogen) atoms. The highest BCUT2D eigenvalue weighted by molar-refractivity contribution is 5.06. The molecular formula is C10H14N4O. The van der Waals surface area contributed by atoms with Gasteiger partial charge in [0, 0.05) is 24.8 Å².